The van der Waals surface area contributed by atoms with E-state index in [2.05, 4.69) is 27.2 Å². The van der Waals surface area contributed by atoms with Crippen LogP contribution in [-0.2, 0) is 4.79 Å². The number of rotatable bonds is 3. The summed E-state index contributed by atoms with van der Waals surface area (Å²) in [4.78, 5) is 10.6. The molecule has 1 rings (SSSR count). The number of hydrogen-bond acceptors (Lipinski definition) is 1. The molecular formula is C12H21O. The van der Waals surface area contributed by atoms with Gasteiger partial charge in [-0.15, -0.1) is 0 Å². The van der Waals surface area contributed by atoms with Gasteiger partial charge in [0.1, 0.15) is 6.29 Å². The highest BCUT2D eigenvalue weighted by Crippen LogP contribution is 2.41. The molecule has 2 unspecified atom stereocenters. The summed E-state index contributed by atoms with van der Waals surface area (Å²) in [5.41, 5.74) is 0.449. The Bertz CT molecular complexity index is 164. The number of carbonyl (C=O) groups excluding carboxylic acids is 1. The maximum absolute atomic E-state index is 10.6. The molecule has 0 saturated heterocycles. The molecule has 13 heavy (non-hydrogen) atoms. The second-order valence-corrected chi connectivity index (χ2v) is 4.89. The molecule has 75 valence electrons. The molecule has 0 bridgehead atoms. The Labute approximate surface area is 81.9 Å². The van der Waals surface area contributed by atoms with Crippen molar-refractivity contribution >= 4 is 6.29 Å². The lowest BCUT2D eigenvalue weighted by Crippen LogP contribution is -2.28. The lowest BCUT2D eigenvalue weighted by Gasteiger charge is -2.37. The largest absolute Gasteiger partial charge is 0.303 e. The molecule has 0 aliphatic heterocycles. The van der Waals surface area contributed by atoms with E-state index < -0.39 is 0 Å². The smallest absolute Gasteiger partial charge is 0.123 e. The molecule has 1 saturated carbocycles. The van der Waals surface area contributed by atoms with Crippen molar-refractivity contribution in [3.05, 3.63) is 6.42 Å². The second-order valence-electron chi connectivity index (χ2n) is 4.89. The van der Waals surface area contributed by atoms with Crippen LogP contribution in [-0.4, -0.2) is 6.29 Å². The highest BCUT2D eigenvalue weighted by atomic mass is 16.1. The van der Waals surface area contributed by atoms with E-state index in [4.69, 9.17) is 0 Å². The van der Waals surface area contributed by atoms with Crippen molar-refractivity contribution in [3.63, 3.8) is 0 Å². The van der Waals surface area contributed by atoms with Crippen LogP contribution in [0.5, 0.6) is 0 Å². The Morgan fingerprint density at radius 2 is 2.15 bits per heavy atom. The fraction of sp³-hybridized carbons (Fsp3) is 0.833. The van der Waals surface area contributed by atoms with E-state index in [0.29, 0.717) is 5.41 Å². The molecule has 0 aromatic heterocycles. The van der Waals surface area contributed by atoms with Gasteiger partial charge in [-0.2, -0.15) is 0 Å². The first-order chi connectivity index (χ1) is 6.10. The second kappa shape index (κ2) is 4.26. The van der Waals surface area contributed by atoms with Crippen molar-refractivity contribution in [3.8, 4) is 0 Å². The summed E-state index contributed by atoms with van der Waals surface area (Å²) in [5, 5.41) is 0. The molecule has 1 heteroatoms. The maximum Gasteiger partial charge on any atom is 0.123 e. The van der Waals surface area contributed by atoms with Gasteiger partial charge in [-0.3, -0.25) is 0 Å². The van der Waals surface area contributed by atoms with Crippen molar-refractivity contribution in [2.24, 2.45) is 17.3 Å². The normalized spacial score (nSPS) is 30.1. The van der Waals surface area contributed by atoms with Crippen LogP contribution in [0.1, 0.15) is 46.5 Å². The van der Waals surface area contributed by atoms with E-state index >= 15 is 0 Å². The van der Waals surface area contributed by atoms with Gasteiger partial charge in [0.25, 0.3) is 0 Å². The van der Waals surface area contributed by atoms with Crippen LogP contribution in [0, 0.1) is 23.7 Å². The monoisotopic (exact) mass is 181 g/mol. The van der Waals surface area contributed by atoms with Crippen LogP contribution < -0.4 is 0 Å². The Morgan fingerprint density at radius 1 is 1.46 bits per heavy atom. The van der Waals surface area contributed by atoms with Crippen LogP contribution in [0.15, 0.2) is 0 Å². The summed E-state index contributed by atoms with van der Waals surface area (Å²) >= 11 is 0. The Kier molecular flexibility index (Phi) is 3.52. The molecule has 1 radical (unpaired) electrons. The topological polar surface area (TPSA) is 17.1 Å². The maximum atomic E-state index is 10.6. The van der Waals surface area contributed by atoms with Crippen molar-refractivity contribution < 1.29 is 4.79 Å². The van der Waals surface area contributed by atoms with Gasteiger partial charge < -0.3 is 4.79 Å². The summed E-state index contributed by atoms with van der Waals surface area (Å²) in [7, 11) is 0. The summed E-state index contributed by atoms with van der Waals surface area (Å²) in [6.07, 6.45) is 7.95. The van der Waals surface area contributed by atoms with Crippen molar-refractivity contribution in [2.45, 2.75) is 46.5 Å². The zero-order valence-electron chi connectivity index (χ0n) is 9.05. The summed E-state index contributed by atoms with van der Waals surface area (Å²) < 4.78 is 0. The van der Waals surface area contributed by atoms with E-state index in [9.17, 15) is 4.79 Å². The van der Waals surface area contributed by atoms with Crippen molar-refractivity contribution in [1.82, 2.24) is 0 Å². The molecule has 0 N–H and O–H groups in total. The fourth-order valence-electron chi connectivity index (χ4n) is 2.09. The fourth-order valence-corrected chi connectivity index (χ4v) is 2.09. The minimum absolute atomic E-state index is 0.240. The molecule has 1 nitrogen and oxygen atoms in total. The van der Waals surface area contributed by atoms with E-state index in [1.807, 2.05) is 0 Å². The summed E-state index contributed by atoms with van der Waals surface area (Å²) in [5.74, 6) is 1.03. The van der Waals surface area contributed by atoms with Gasteiger partial charge in [-0.05, 0) is 37.0 Å². The van der Waals surface area contributed by atoms with Crippen LogP contribution in [0.4, 0.5) is 0 Å². The lowest BCUT2D eigenvalue weighted by molar-refractivity contribution is -0.111. The van der Waals surface area contributed by atoms with E-state index in [-0.39, 0.29) is 5.92 Å². The lowest BCUT2D eigenvalue weighted by atomic mass is 9.68. The zero-order chi connectivity index (χ0) is 9.90. The minimum Gasteiger partial charge on any atom is -0.303 e. The van der Waals surface area contributed by atoms with Crippen LogP contribution in [0.2, 0.25) is 0 Å². The Morgan fingerprint density at radius 3 is 2.54 bits per heavy atom. The van der Waals surface area contributed by atoms with Gasteiger partial charge in [-0.1, -0.05) is 27.2 Å². The van der Waals surface area contributed by atoms with E-state index in [1.54, 1.807) is 0 Å². The van der Waals surface area contributed by atoms with Gasteiger partial charge in [-0.25, -0.2) is 0 Å². The minimum atomic E-state index is 0.240. The average molecular weight is 181 g/mol. The molecule has 1 aliphatic carbocycles. The third kappa shape index (κ3) is 2.55. The SMILES string of the molecule is CCC(C)(C)C1C[CH]C(C=O)CC1. The molecule has 1 fully saturated rings. The molecule has 0 aromatic carbocycles. The predicted octanol–water partition coefficient (Wildman–Crippen LogP) is 3.24. The van der Waals surface area contributed by atoms with Gasteiger partial charge in [0.2, 0.25) is 0 Å². The van der Waals surface area contributed by atoms with Crippen LogP contribution in [0.3, 0.4) is 0 Å². The van der Waals surface area contributed by atoms with Gasteiger partial charge >= 0.3 is 0 Å². The molecule has 0 spiro atoms. The number of hydrogen-bond donors (Lipinski definition) is 0. The molecule has 1 aliphatic rings. The van der Waals surface area contributed by atoms with Gasteiger partial charge in [0, 0.05) is 5.92 Å². The van der Waals surface area contributed by atoms with Gasteiger partial charge in [0.05, 0.1) is 0 Å². The number of carbonyl (C=O) groups is 1. The Balaban J connectivity index is 2.44. The number of aldehydes is 1. The third-order valence-corrected chi connectivity index (χ3v) is 3.76. The van der Waals surface area contributed by atoms with Crippen LogP contribution >= 0.6 is 0 Å². The molecular weight excluding hydrogens is 160 g/mol. The first kappa shape index (κ1) is 10.7. The predicted molar refractivity (Wildman–Crippen MR) is 55.3 cm³/mol. The highest BCUT2D eigenvalue weighted by Gasteiger charge is 2.31. The molecule has 0 aromatic rings. The van der Waals surface area contributed by atoms with E-state index in [1.165, 1.54) is 12.8 Å². The highest BCUT2D eigenvalue weighted by molar-refractivity contribution is 5.55. The first-order valence-electron chi connectivity index (χ1n) is 5.38. The van der Waals surface area contributed by atoms with E-state index in [0.717, 1.165) is 25.0 Å². The van der Waals surface area contributed by atoms with Crippen LogP contribution in [0.25, 0.3) is 0 Å². The first-order valence-corrected chi connectivity index (χ1v) is 5.38. The molecule has 2 atom stereocenters. The summed E-state index contributed by atoms with van der Waals surface area (Å²) in [6, 6.07) is 0. The molecule has 0 heterocycles. The van der Waals surface area contributed by atoms with Crippen molar-refractivity contribution in [1.29, 1.82) is 0 Å². The van der Waals surface area contributed by atoms with Crippen molar-refractivity contribution in [2.75, 3.05) is 0 Å². The average Bonchev–Trinajstić information content (AvgIpc) is 2.18. The quantitative estimate of drug-likeness (QED) is 0.611. The zero-order valence-corrected chi connectivity index (χ0v) is 9.05. The third-order valence-electron chi connectivity index (χ3n) is 3.76. The standard InChI is InChI=1S/C12H21O/c1-4-12(2,3)11-7-5-10(9-13)6-8-11/h5,9-11H,4,6-8H2,1-3H3. The summed E-state index contributed by atoms with van der Waals surface area (Å²) in [6.45, 7) is 6.94. The Hall–Kier alpha value is -0.330. The molecule has 0 amide bonds. The van der Waals surface area contributed by atoms with Gasteiger partial charge in [0.15, 0.2) is 0 Å².